The lowest BCUT2D eigenvalue weighted by molar-refractivity contribution is -0.135. The molecule has 90 valence electrons. The maximum atomic E-state index is 11.1. The molecule has 1 saturated carbocycles. The van der Waals surface area contributed by atoms with E-state index in [1.165, 1.54) is 18.4 Å². The van der Waals surface area contributed by atoms with Crippen LogP contribution >= 0.6 is 0 Å². The average molecular weight is 229 g/mol. The minimum absolute atomic E-state index is 0.407. The van der Waals surface area contributed by atoms with E-state index < -0.39 is 0 Å². The summed E-state index contributed by atoms with van der Waals surface area (Å²) in [5.41, 5.74) is 1.80. The summed E-state index contributed by atoms with van der Waals surface area (Å²) in [5.74, 6) is 0.474. The Morgan fingerprint density at radius 1 is 1.06 bits per heavy atom. The molecule has 1 aliphatic carbocycles. The van der Waals surface area contributed by atoms with E-state index in [9.17, 15) is 4.79 Å². The number of nitrogens with zero attached hydrogens (tertiary/aromatic N) is 1. The smallest absolute Gasteiger partial charge is 0.134 e. The van der Waals surface area contributed by atoms with E-state index >= 15 is 0 Å². The third kappa shape index (κ3) is 2.27. The summed E-state index contributed by atoms with van der Waals surface area (Å²) in [4.78, 5) is 13.6. The molecule has 2 heteroatoms. The van der Waals surface area contributed by atoms with Crippen LogP contribution in [0.2, 0.25) is 0 Å². The zero-order valence-electron chi connectivity index (χ0n) is 10.2. The van der Waals surface area contributed by atoms with Gasteiger partial charge in [0.15, 0.2) is 0 Å². The van der Waals surface area contributed by atoms with Crippen molar-refractivity contribution in [3.05, 3.63) is 35.9 Å². The Hall–Kier alpha value is -1.15. The standard InChI is InChI=1S/C15H19NO/c17-14-10-15(11-14)6-8-16(9-7-15)12-13-4-2-1-3-5-13/h1-5H,6-12H2. The predicted octanol–water partition coefficient (Wildman–Crippen LogP) is 2.63. The lowest BCUT2D eigenvalue weighted by Gasteiger charge is -2.46. The summed E-state index contributed by atoms with van der Waals surface area (Å²) in [6, 6.07) is 10.7. The van der Waals surface area contributed by atoms with Gasteiger partial charge in [-0.2, -0.15) is 0 Å². The van der Waals surface area contributed by atoms with Gasteiger partial charge >= 0.3 is 0 Å². The van der Waals surface area contributed by atoms with Crippen LogP contribution in [-0.4, -0.2) is 23.8 Å². The third-order valence-corrected chi connectivity index (χ3v) is 4.31. The molecule has 17 heavy (non-hydrogen) atoms. The van der Waals surface area contributed by atoms with E-state index in [-0.39, 0.29) is 0 Å². The van der Waals surface area contributed by atoms with Gasteiger partial charge in [-0.05, 0) is 36.9 Å². The second kappa shape index (κ2) is 4.26. The van der Waals surface area contributed by atoms with Gasteiger partial charge in [-0.25, -0.2) is 0 Å². The largest absolute Gasteiger partial charge is 0.300 e. The second-order valence-corrected chi connectivity index (χ2v) is 5.65. The number of rotatable bonds is 2. The van der Waals surface area contributed by atoms with Crippen molar-refractivity contribution >= 4 is 5.78 Å². The number of hydrogen-bond donors (Lipinski definition) is 0. The number of piperidine rings is 1. The number of hydrogen-bond acceptors (Lipinski definition) is 2. The SMILES string of the molecule is O=C1CC2(CCN(Cc3ccccc3)CC2)C1. The summed E-state index contributed by atoms with van der Waals surface area (Å²) in [6.45, 7) is 3.37. The van der Waals surface area contributed by atoms with Gasteiger partial charge in [0.2, 0.25) is 0 Å². The predicted molar refractivity (Wildman–Crippen MR) is 67.6 cm³/mol. The highest BCUT2D eigenvalue weighted by Gasteiger charge is 2.44. The summed E-state index contributed by atoms with van der Waals surface area (Å²) in [6.07, 6.45) is 4.13. The molecule has 3 rings (SSSR count). The van der Waals surface area contributed by atoms with Gasteiger partial charge in [-0.15, -0.1) is 0 Å². The van der Waals surface area contributed by atoms with Crippen molar-refractivity contribution in [1.82, 2.24) is 4.90 Å². The molecule has 2 fully saturated rings. The number of Topliss-reactive ketones (excluding diaryl/α,β-unsaturated/α-hetero) is 1. The van der Waals surface area contributed by atoms with Gasteiger partial charge in [0, 0.05) is 19.4 Å². The summed E-state index contributed by atoms with van der Waals surface area (Å²) < 4.78 is 0. The topological polar surface area (TPSA) is 20.3 Å². The van der Waals surface area contributed by atoms with Crippen LogP contribution in [-0.2, 0) is 11.3 Å². The fourth-order valence-electron chi connectivity index (χ4n) is 3.17. The van der Waals surface area contributed by atoms with Crippen molar-refractivity contribution < 1.29 is 4.79 Å². The van der Waals surface area contributed by atoms with Crippen LogP contribution < -0.4 is 0 Å². The molecule has 1 heterocycles. The van der Waals surface area contributed by atoms with Crippen molar-refractivity contribution in [1.29, 1.82) is 0 Å². The maximum Gasteiger partial charge on any atom is 0.134 e. The molecule has 0 atom stereocenters. The molecule has 1 aromatic carbocycles. The molecule has 0 radical (unpaired) electrons. The van der Waals surface area contributed by atoms with Crippen LogP contribution in [0.1, 0.15) is 31.2 Å². The number of likely N-dealkylation sites (tertiary alicyclic amines) is 1. The van der Waals surface area contributed by atoms with Crippen LogP contribution in [0.5, 0.6) is 0 Å². The number of carbonyl (C=O) groups excluding carboxylic acids is 1. The molecule has 0 unspecified atom stereocenters. The Morgan fingerprint density at radius 3 is 2.29 bits per heavy atom. The minimum Gasteiger partial charge on any atom is -0.300 e. The van der Waals surface area contributed by atoms with E-state index in [2.05, 4.69) is 35.2 Å². The summed E-state index contributed by atoms with van der Waals surface area (Å²) in [5, 5.41) is 0. The van der Waals surface area contributed by atoms with Gasteiger partial charge in [-0.1, -0.05) is 30.3 Å². The first-order valence-electron chi connectivity index (χ1n) is 6.54. The molecule has 1 saturated heterocycles. The molecule has 0 N–H and O–H groups in total. The first-order valence-corrected chi connectivity index (χ1v) is 6.54. The first-order chi connectivity index (χ1) is 8.26. The molecule has 1 spiro atoms. The van der Waals surface area contributed by atoms with Crippen LogP contribution in [0, 0.1) is 5.41 Å². The maximum absolute atomic E-state index is 11.1. The Labute approximate surface area is 103 Å². The molecule has 0 bridgehead atoms. The first kappa shape index (κ1) is 11.0. The van der Waals surface area contributed by atoms with E-state index in [0.717, 1.165) is 32.5 Å². The van der Waals surface area contributed by atoms with E-state index in [4.69, 9.17) is 0 Å². The van der Waals surface area contributed by atoms with Crippen LogP contribution in [0.15, 0.2) is 30.3 Å². The third-order valence-electron chi connectivity index (χ3n) is 4.31. The lowest BCUT2D eigenvalue weighted by atomic mass is 9.62. The highest BCUT2D eigenvalue weighted by molar-refractivity contribution is 5.86. The quantitative estimate of drug-likeness (QED) is 0.777. The second-order valence-electron chi connectivity index (χ2n) is 5.65. The Balaban J connectivity index is 1.54. The van der Waals surface area contributed by atoms with Crippen LogP contribution in [0.25, 0.3) is 0 Å². The summed E-state index contributed by atoms with van der Waals surface area (Å²) in [7, 11) is 0. The number of ketones is 1. The Bertz CT molecular complexity index is 394. The zero-order valence-corrected chi connectivity index (χ0v) is 10.2. The molecule has 2 aliphatic rings. The normalized spacial score (nSPS) is 23.6. The van der Waals surface area contributed by atoms with E-state index in [1.807, 2.05) is 0 Å². The molecular formula is C15H19NO. The fourth-order valence-corrected chi connectivity index (χ4v) is 3.17. The zero-order chi connectivity index (χ0) is 11.7. The lowest BCUT2D eigenvalue weighted by Crippen LogP contribution is -2.47. The molecule has 2 nitrogen and oxygen atoms in total. The van der Waals surface area contributed by atoms with Gasteiger partial charge in [0.1, 0.15) is 5.78 Å². The van der Waals surface area contributed by atoms with Gasteiger partial charge in [0.25, 0.3) is 0 Å². The van der Waals surface area contributed by atoms with Crippen molar-refractivity contribution in [2.45, 2.75) is 32.2 Å². The molecule has 0 amide bonds. The molecule has 0 aromatic heterocycles. The van der Waals surface area contributed by atoms with Crippen molar-refractivity contribution in [3.8, 4) is 0 Å². The van der Waals surface area contributed by atoms with Gasteiger partial charge in [0.05, 0.1) is 0 Å². The molecule has 1 aromatic rings. The Morgan fingerprint density at radius 2 is 1.71 bits per heavy atom. The average Bonchev–Trinajstić information content (AvgIpc) is 2.32. The van der Waals surface area contributed by atoms with E-state index in [1.54, 1.807) is 0 Å². The molecule has 1 aliphatic heterocycles. The fraction of sp³-hybridized carbons (Fsp3) is 0.533. The number of benzene rings is 1. The Kier molecular flexibility index (Phi) is 2.75. The van der Waals surface area contributed by atoms with Crippen LogP contribution in [0.3, 0.4) is 0 Å². The van der Waals surface area contributed by atoms with Gasteiger partial charge in [-0.3, -0.25) is 9.69 Å². The van der Waals surface area contributed by atoms with Gasteiger partial charge < -0.3 is 0 Å². The molecular weight excluding hydrogens is 210 g/mol. The van der Waals surface area contributed by atoms with Crippen molar-refractivity contribution in [2.24, 2.45) is 5.41 Å². The van der Waals surface area contributed by atoms with Crippen molar-refractivity contribution in [3.63, 3.8) is 0 Å². The number of carbonyl (C=O) groups is 1. The highest BCUT2D eigenvalue weighted by atomic mass is 16.1. The summed E-state index contributed by atoms with van der Waals surface area (Å²) >= 11 is 0. The van der Waals surface area contributed by atoms with E-state index in [0.29, 0.717) is 11.2 Å². The van der Waals surface area contributed by atoms with Crippen LogP contribution in [0.4, 0.5) is 0 Å². The highest BCUT2D eigenvalue weighted by Crippen LogP contribution is 2.46. The minimum atomic E-state index is 0.407. The van der Waals surface area contributed by atoms with Crippen molar-refractivity contribution in [2.75, 3.05) is 13.1 Å². The monoisotopic (exact) mass is 229 g/mol.